The van der Waals surface area contributed by atoms with E-state index >= 15 is 0 Å². The van der Waals surface area contributed by atoms with Crippen LogP contribution in [0.5, 0.6) is 0 Å². The molecule has 3 nitrogen and oxygen atoms in total. The Hall–Kier alpha value is -1.01. The number of nitrogens with zero attached hydrogens (tertiary/aromatic N) is 1. The normalized spacial score (nSPS) is 10.2. The highest BCUT2D eigenvalue weighted by molar-refractivity contribution is 5.69. The van der Waals surface area contributed by atoms with Crippen molar-refractivity contribution in [3.05, 3.63) is 0 Å². The lowest BCUT2D eigenvalue weighted by atomic mass is 10.3. The van der Waals surface area contributed by atoms with Crippen LogP contribution in [0.4, 0.5) is 0 Å². The quantitative estimate of drug-likeness (QED) is 0.619. The largest absolute Gasteiger partial charge is 0.480 e. The summed E-state index contributed by atoms with van der Waals surface area (Å²) in [5, 5.41) is 8.54. The van der Waals surface area contributed by atoms with Crippen molar-refractivity contribution >= 4 is 5.97 Å². The van der Waals surface area contributed by atoms with Crippen molar-refractivity contribution < 1.29 is 9.90 Å². The number of carbonyl (C=O) groups is 1. The van der Waals surface area contributed by atoms with Crippen LogP contribution >= 0.6 is 0 Å². The molecular formula is C9H15NO2. The first kappa shape index (κ1) is 11.0. The third-order valence-electron chi connectivity index (χ3n) is 1.61. The van der Waals surface area contributed by atoms with E-state index in [4.69, 9.17) is 11.5 Å². The summed E-state index contributed by atoms with van der Waals surface area (Å²) in [7, 11) is 0. The van der Waals surface area contributed by atoms with E-state index < -0.39 is 5.97 Å². The zero-order valence-corrected chi connectivity index (χ0v) is 7.58. The minimum Gasteiger partial charge on any atom is -0.480 e. The lowest BCUT2D eigenvalue weighted by Crippen LogP contribution is -2.36. The molecule has 3 heteroatoms. The highest BCUT2D eigenvalue weighted by Gasteiger charge is 2.11. The Morgan fingerprint density at radius 3 is 2.58 bits per heavy atom. The van der Waals surface area contributed by atoms with Crippen LogP contribution in [0.25, 0.3) is 0 Å². The van der Waals surface area contributed by atoms with E-state index in [1.807, 2.05) is 18.7 Å². The van der Waals surface area contributed by atoms with E-state index in [1.165, 1.54) is 0 Å². The summed E-state index contributed by atoms with van der Waals surface area (Å²) >= 11 is 0. The van der Waals surface area contributed by atoms with Crippen LogP contribution in [0.15, 0.2) is 0 Å². The molecule has 0 rings (SSSR count). The standard InChI is InChI=1S/C9H15NO2/c1-4-5-6-10(8(2)3)7-9(11)12/h1,8H,5-7H2,2-3H3,(H,11,12). The molecule has 0 fully saturated rings. The fraction of sp³-hybridized carbons (Fsp3) is 0.667. The lowest BCUT2D eigenvalue weighted by Gasteiger charge is -2.23. The Bertz CT molecular complexity index is 181. The molecule has 0 saturated heterocycles. The average molecular weight is 169 g/mol. The molecule has 0 saturated carbocycles. The lowest BCUT2D eigenvalue weighted by molar-refractivity contribution is -0.138. The van der Waals surface area contributed by atoms with Gasteiger partial charge in [-0.25, -0.2) is 0 Å². The Balaban J connectivity index is 3.88. The van der Waals surface area contributed by atoms with E-state index in [1.54, 1.807) is 0 Å². The molecule has 0 aliphatic rings. The number of aliphatic carboxylic acids is 1. The summed E-state index contributed by atoms with van der Waals surface area (Å²) in [5.41, 5.74) is 0. The fourth-order valence-corrected chi connectivity index (χ4v) is 0.902. The van der Waals surface area contributed by atoms with Crippen molar-refractivity contribution in [1.29, 1.82) is 0 Å². The minimum atomic E-state index is -0.805. The zero-order valence-electron chi connectivity index (χ0n) is 7.58. The Labute approximate surface area is 73.4 Å². The molecule has 0 amide bonds. The minimum absolute atomic E-state index is 0.0688. The number of carboxylic acids is 1. The van der Waals surface area contributed by atoms with Crippen molar-refractivity contribution in [2.24, 2.45) is 0 Å². The molecular weight excluding hydrogens is 154 g/mol. The van der Waals surface area contributed by atoms with Crippen molar-refractivity contribution in [3.63, 3.8) is 0 Å². The van der Waals surface area contributed by atoms with E-state index in [0.717, 1.165) is 0 Å². The fourth-order valence-electron chi connectivity index (χ4n) is 0.902. The van der Waals surface area contributed by atoms with Crippen molar-refractivity contribution in [2.75, 3.05) is 13.1 Å². The Kier molecular flexibility index (Phi) is 5.14. The van der Waals surface area contributed by atoms with E-state index in [2.05, 4.69) is 5.92 Å². The number of terminal acetylenes is 1. The van der Waals surface area contributed by atoms with Crippen molar-refractivity contribution in [1.82, 2.24) is 4.90 Å². The third kappa shape index (κ3) is 4.75. The van der Waals surface area contributed by atoms with Crippen LogP contribution in [-0.4, -0.2) is 35.1 Å². The van der Waals surface area contributed by atoms with Gasteiger partial charge in [0.1, 0.15) is 0 Å². The molecule has 0 aromatic heterocycles. The summed E-state index contributed by atoms with van der Waals surface area (Å²) in [6.45, 7) is 4.64. The first-order valence-corrected chi connectivity index (χ1v) is 3.97. The van der Waals surface area contributed by atoms with E-state index in [-0.39, 0.29) is 12.6 Å². The summed E-state index contributed by atoms with van der Waals surface area (Å²) in [4.78, 5) is 12.2. The van der Waals surface area contributed by atoms with Gasteiger partial charge in [0, 0.05) is 19.0 Å². The van der Waals surface area contributed by atoms with Gasteiger partial charge in [0.2, 0.25) is 0 Å². The smallest absolute Gasteiger partial charge is 0.317 e. The monoisotopic (exact) mass is 169 g/mol. The maximum Gasteiger partial charge on any atom is 0.317 e. The van der Waals surface area contributed by atoms with Crippen LogP contribution < -0.4 is 0 Å². The molecule has 1 N–H and O–H groups in total. The van der Waals surface area contributed by atoms with E-state index in [0.29, 0.717) is 13.0 Å². The first-order valence-electron chi connectivity index (χ1n) is 3.97. The average Bonchev–Trinajstić information content (AvgIpc) is 1.96. The molecule has 0 spiro atoms. The molecule has 0 radical (unpaired) electrons. The number of carboxylic acid groups (broad SMARTS) is 1. The van der Waals surface area contributed by atoms with Gasteiger partial charge < -0.3 is 5.11 Å². The van der Waals surface area contributed by atoms with Gasteiger partial charge in [-0.3, -0.25) is 9.69 Å². The summed E-state index contributed by atoms with van der Waals surface area (Å²) < 4.78 is 0. The molecule has 0 heterocycles. The van der Waals surface area contributed by atoms with Gasteiger partial charge in [-0.2, -0.15) is 0 Å². The summed E-state index contributed by atoms with van der Waals surface area (Å²) in [5.74, 6) is 1.69. The highest BCUT2D eigenvalue weighted by atomic mass is 16.4. The first-order chi connectivity index (χ1) is 5.57. The molecule has 0 unspecified atom stereocenters. The van der Waals surface area contributed by atoms with Crippen LogP contribution in [0.1, 0.15) is 20.3 Å². The molecule has 0 aliphatic carbocycles. The predicted octanol–water partition coefficient (Wildman–Crippen LogP) is 0.805. The Morgan fingerprint density at radius 2 is 2.25 bits per heavy atom. The molecule has 0 atom stereocenters. The van der Waals surface area contributed by atoms with Crippen LogP contribution in [0, 0.1) is 12.3 Å². The Morgan fingerprint density at radius 1 is 1.67 bits per heavy atom. The third-order valence-corrected chi connectivity index (χ3v) is 1.61. The van der Waals surface area contributed by atoms with Crippen molar-refractivity contribution in [3.8, 4) is 12.3 Å². The van der Waals surface area contributed by atoms with Gasteiger partial charge in [0.05, 0.1) is 6.54 Å². The predicted molar refractivity (Wildman–Crippen MR) is 47.8 cm³/mol. The topological polar surface area (TPSA) is 40.5 Å². The zero-order chi connectivity index (χ0) is 9.56. The molecule has 0 aromatic rings. The van der Waals surface area contributed by atoms with Crippen LogP contribution in [0.3, 0.4) is 0 Å². The van der Waals surface area contributed by atoms with E-state index in [9.17, 15) is 4.79 Å². The maximum absolute atomic E-state index is 10.4. The molecule has 0 aliphatic heterocycles. The number of rotatable bonds is 5. The van der Waals surface area contributed by atoms with Gasteiger partial charge in [-0.15, -0.1) is 12.3 Å². The van der Waals surface area contributed by atoms with Crippen molar-refractivity contribution in [2.45, 2.75) is 26.3 Å². The maximum atomic E-state index is 10.4. The highest BCUT2D eigenvalue weighted by Crippen LogP contribution is 1.98. The summed E-state index contributed by atoms with van der Waals surface area (Å²) in [6.07, 6.45) is 5.69. The summed E-state index contributed by atoms with van der Waals surface area (Å²) in [6, 6.07) is 0.231. The molecule has 68 valence electrons. The molecule has 0 bridgehead atoms. The SMILES string of the molecule is C#CCCN(CC(=O)O)C(C)C. The van der Waals surface area contributed by atoms with Gasteiger partial charge >= 0.3 is 5.97 Å². The number of hydrogen-bond donors (Lipinski definition) is 1. The van der Waals surface area contributed by atoms with Crippen LogP contribution in [-0.2, 0) is 4.79 Å². The number of hydrogen-bond acceptors (Lipinski definition) is 2. The van der Waals surface area contributed by atoms with Gasteiger partial charge in [0.25, 0.3) is 0 Å². The van der Waals surface area contributed by atoms with Gasteiger partial charge in [0.15, 0.2) is 0 Å². The van der Waals surface area contributed by atoms with Gasteiger partial charge in [-0.05, 0) is 13.8 Å². The second kappa shape index (κ2) is 5.62. The van der Waals surface area contributed by atoms with Gasteiger partial charge in [-0.1, -0.05) is 0 Å². The van der Waals surface area contributed by atoms with Crippen LogP contribution in [0.2, 0.25) is 0 Å². The molecule has 12 heavy (non-hydrogen) atoms. The molecule has 0 aromatic carbocycles. The second-order valence-corrected chi connectivity index (χ2v) is 2.91. The second-order valence-electron chi connectivity index (χ2n) is 2.91.